The molecule has 0 saturated heterocycles. The van der Waals surface area contributed by atoms with Crippen LogP contribution in [0.25, 0.3) is 10.9 Å². The van der Waals surface area contributed by atoms with Crippen LogP contribution in [0.15, 0.2) is 24.3 Å². The number of likely N-dealkylation sites (N-methyl/N-ethyl adjacent to an activating group) is 1. The third kappa shape index (κ3) is 2.70. The number of carbonyl (C=O) groups excluding carboxylic acids is 1. The van der Waals surface area contributed by atoms with E-state index in [0.717, 1.165) is 35.2 Å². The lowest BCUT2D eigenvalue weighted by molar-refractivity contribution is 0.0941. The minimum atomic E-state index is 0.0161. The van der Waals surface area contributed by atoms with Crippen LogP contribution in [0, 0.1) is 6.92 Å². The summed E-state index contributed by atoms with van der Waals surface area (Å²) >= 11 is 0. The number of carbonyl (C=O) groups is 1. The second kappa shape index (κ2) is 6.09. The Morgan fingerprint density at radius 1 is 1.30 bits per heavy atom. The highest BCUT2D eigenvalue weighted by Gasteiger charge is 2.18. The van der Waals surface area contributed by atoms with Gasteiger partial charge >= 0.3 is 0 Å². The van der Waals surface area contributed by atoms with E-state index in [4.69, 9.17) is 0 Å². The standard InChI is InChI=1S/C16H23N3O/c1-5-19-14-9-7-6-8-13(14)12(2)15(19)16(20)17-10-11-18(3)4/h6-9H,5,10-11H2,1-4H3,(H,17,20). The highest BCUT2D eigenvalue weighted by molar-refractivity contribution is 6.01. The fourth-order valence-electron chi connectivity index (χ4n) is 2.57. The molecule has 0 aliphatic rings. The summed E-state index contributed by atoms with van der Waals surface area (Å²) in [6.07, 6.45) is 0. The molecule has 1 N–H and O–H groups in total. The molecular formula is C16H23N3O. The minimum absolute atomic E-state index is 0.0161. The monoisotopic (exact) mass is 273 g/mol. The molecule has 0 atom stereocenters. The fraction of sp³-hybridized carbons (Fsp3) is 0.438. The fourth-order valence-corrected chi connectivity index (χ4v) is 2.57. The lowest BCUT2D eigenvalue weighted by Gasteiger charge is -2.12. The van der Waals surface area contributed by atoms with Gasteiger partial charge in [-0.2, -0.15) is 0 Å². The van der Waals surface area contributed by atoms with Gasteiger partial charge < -0.3 is 14.8 Å². The summed E-state index contributed by atoms with van der Waals surface area (Å²) in [4.78, 5) is 14.5. The summed E-state index contributed by atoms with van der Waals surface area (Å²) in [5.41, 5.74) is 2.97. The summed E-state index contributed by atoms with van der Waals surface area (Å²) in [6.45, 7) is 6.40. The van der Waals surface area contributed by atoms with Crippen LogP contribution in [0.5, 0.6) is 0 Å². The van der Waals surface area contributed by atoms with Gasteiger partial charge in [0.25, 0.3) is 5.91 Å². The molecule has 0 radical (unpaired) electrons. The molecule has 20 heavy (non-hydrogen) atoms. The topological polar surface area (TPSA) is 37.3 Å². The van der Waals surface area contributed by atoms with Crippen molar-refractivity contribution in [2.24, 2.45) is 0 Å². The Morgan fingerprint density at radius 2 is 2.00 bits per heavy atom. The number of fused-ring (bicyclic) bond motifs is 1. The van der Waals surface area contributed by atoms with E-state index >= 15 is 0 Å². The van der Waals surface area contributed by atoms with Gasteiger partial charge in [0.1, 0.15) is 5.69 Å². The van der Waals surface area contributed by atoms with Gasteiger partial charge in [-0.25, -0.2) is 0 Å². The van der Waals surface area contributed by atoms with Crippen molar-refractivity contribution in [1.82, 2.24) is 14.8 Å². The molecule has 0 saturated carbocycles. The first-order chi connectivity index (χ1) is 9.56. The SMILES string of the molecule is CCn1c(C(=O)NCCN(C)C)c(C)c2ccccc21. The maximum Gasteiger partial charge on any atom is 0.268 e. The van der Waals surface area contributed by atoms with E-state index < -0.39 is 0 Å². The number of hydrogen-bond donors (Lipinski definition) is 1. The van der Waals surface area contributed by atoms with Gasteiger partial charge in [-0.15, -0.1) is 0 Å². The van der Waals surface area contributed by atoms with E-state index in [9.17, 15) is 4.79 Å². The molecule has 1 aromatic heterocycles. The van der Waals surface area contributed by atoms with E-state index in [1.807, 2.05) is 33.2 Å². The average Bonchev–Trinajstić information content (AvgIpc) is 2.71. The number of amides is 1. The minimum Gasteiger partial charge on any atom is -0.349 e. The quantitative estimate of drug-likeness (QED) is 0.907. The third-order valence-corrected chi connectivity index (χ3v) is 3.60. The van der Waals surface area contributed by atoms with E-state index in [1.165, 1.54) is 0 Å². The van der Waals surface area contributed by atoms with Crippen molar-refractivity contribution in [3.05, 3.63) is 35.5 Å². The van der Waals surface area contributed by atoms with Crippen molar-refractivity contribution in [3.8, 4) is 0 Å². The molecule has 0 aliphatic carbocycles. The van der Waals surface area contributed by atoms with Crippen LogP contribution in [-0.2, 0) is 6.54 Å². The zero-order valence-corrected chi connectivity index (χ0v) is 12.7. The lowest BCUT2D eigenvalue weighted by Crippen LogP contribution is -2.32. The second-order valence-corrected chi connectivity index (χ2v) is 5.29. The van der Waals surface area contributed by atoms with Crippen LogP contribution in [0.2, 0.25) is 0 Å². The van der Waals surface area contributed by atoms with Gasteiger partial charge in [-0.1, -0.05) is 18.2 Å². The first kappa shape index (κ1) is 14.6. The molecule has 2 aromatic rings. The van der Waals surface area contributed by atoms with Crippen molar-refractivity contribution < 1.29 is 4.79 Å². The van der Waals surface area contributed by atoms with Crippen LogP contribution >= 0.6 is 0 Å². The Bertz CT molecular complexity index is 613. The maximum absolute atomic E-state index is 12.4. The van der Waals surface area contributed by atoms with Crippen molar-refractivity contribution in [1.29, 1.82) is 0 Å². The molecule has 0 bridgehead atoms. The predicted molar refractivity (Wildman–Crippen MR) is 83.2 cm³/mol. The number of rotatable bonds is 5. The smallest absolute Gasteiger partial charge is 0.268 e. The van der Waals surface area contributed by atoms with Crippen molar-refractivity contribution in [2.45, 2.75) is 20.4 Å². The molecule has 1 aromatic carbocycles. The number of para-hydroxylation sites is 1. The number of benzene rings is 1. The normalized spacial score (nSPS) is 11.2. The van der Waals surface area contributed by atoms with Crippen LogP contribution in [0.1, 0.15) is 23.0 Å². The molecule has 2 rings (SSSR count). The highest BCUT2D eigenvalue weighted by atomic mass is 16.1. The molecule has 1 heterocycles. The molecular weight excluding hydrogens is 250 g/mol. The second-order valence-electron chi connectivity index (χ2n) is 5.29. The zero-order valence-electron chi connectivity index (χ0n) is 12.7. The van der Waals surface area contributed by atoms with Crippen molar-refractivity contribution in [3.63, 3.8) is 0 Å². The van der Waals surface area contributed by atoms with E-state index in [2.05, 4.69) is 33.8 Å². The Balaban J connectivity index is 2.33. The Kier molecular flexibility index (Phi) is 4.45. The largest absolute Gasteiger partial charge is 0.349 e. The summed E-state index contributed by atoms with van der Waals surface area (Å²) < 4.78 is 2.09. The van der Waals surface area contributed by atoms with Crippen molar-refractivity contribution in [2.75, 3.05) is 27.2 Å². The average molecular weight is 273 g/mol. The maximum atomic E-state index is 12.4. The number of aromatic nitrogens is 1. The number of nitrogens with one attached hydrogen (secondary N) is 1. The first-order valence-corrected chi connectivity index (χ1v) is 7.07. The van der Waals surface area contributed by atoms with Gasteiger partial charge in [0.2, 0.25) is 0 Å². The lowest BCUT2D eigenvalue weighted by atomic mass is 10.1. The first-order valence-electron chi connectivity index (χ1n) is 7.07. The number of nitrogens with zero attached hydrogens (tertiary/aromatic N) is 2. The van der Waals surface area contributed by atoms with Crippen molar-refractivity contribution >= 4 is 16.8 Å². The molecule has 0 aliphatic heterocycles. The number of aryl methyl sites for hydroxylation is 2. The van der Waals surface area contributed by atoms with E-state index in [0.29, 0.717) is 6.54 Å². The molecule has 4 heteroatoms. The summed E-state index contributed by atoms with van der Waals surface area (Å²) in [5, 5.41) is 4.16. The molecule has 1 amide bonds. The third-order valence-electron chi connectivity index (χ3n) is 3.60. The molecule has 0 unspecified atom stereocenters. The molecule has 0 fully saturated rings. The Labute approximate surface area is 120 Å². The van der Waals surface area contributed by atoms with Crippen LogP contribution in [0.4, 0.5) is 0 Å². The van der Waals surface area contributed by atoms with Gasteiger partial charge in [0.15, 0.2) is 0 Å². The van der Waals surface area contributed by atoms with Crippen LogP contribution in [-0.4, -0.2) is 42.6 Å². The van der Waals surface area contributed by atoms with Gasteiger partial charge in [-0.05, 0) is 39.6 Å². The zero-order chi connectivity index (χ0) is 14.7. The summed E-state index contributed by atoms with van der Waals surface area (Å²) in [5.74, 6) is 0.0161. The Hall–Kier alpha value is -1.81. The van der Waals surface area contributed by atoms with E-state index in [-0.39, 0.29) is 5.91 Å². The summed E-state index contributed by atoms with van der Waals surface area (Å²) in [7, 11) is 4.00. The van der Waals surface area contributed by atoms with Crippen LogP contribution < -0.4 is 5.32 Å². The predicted octanol–water partition coefficient (Wildman–Crippen LogP) is 2.26. The molecule has 108 valence electrons. The number of hydrogen-bond acceptors (Lipinski definition) is 2. The van der Waals surface area contributed by atoms with Crippen LogP contribution in [0.3, 0.4) is 0 Å². The van der Waals surface area contributed by atoms with Gasteiger partial charge in [0.05, 0.1) is 0 Å². The molecule has 4 nitrogen and oxygen atoms in total. The Morgan fingerprint density at radius 3 is 2.65 bits per heavy atom. The van der Waals surface area contributed by atoms with Gasteiger partial charge in [-0.3, -0.25) is 4.79 Å². The van der Waals surface area contributed by atoms with Gasteiger partial charge in [0, 0.05) is 30.5 Å². The van der Waals surface area contributed by atoms with E-state index in [1.54, 1.807) is 0 Å². The molecule has 0 spiro atoms. The summed E-state index contributed by atoms with van der Waals surface area (Å²) in [6, 6.07) is 8.18. The highest BCUT2D eigenvalue weighted by Crippen LogP contribution is 2.25.